The predicted octanol–water partition coefficient (Wildman–Crippen LogP) is 1.51. The normalized spacial score (nSPS) is 10.2. The fourth-order valence-corrected chi connectivity index (χ4v) is 1.52. The minimum absolute atomic E-state index is 0.00498. The minimum atomic E-state index is -0.224. The molecule has 3 N–H and O–H groups in total. The van der Waals surface area contributed by atoms with Crippen molar-refractivity contribution in [3.63, 3.8) is 0 Å². The van der Waals surface area contributed by atoms with Gasteiger partial charge in [0.25, 0.3) is 0 Å². The van der Waals surface area contributed by atoms with Crippen molar-refractivity contribution in [2.45, 2.75) is 0 Å². The van der Waals surface area contributed by atoms with E-state index >= 15 is 0 Å². The zero-order valence-corrected chi connectivity index (χ0v) is 9.98. The fourth-order valence-electron chi connectivity index (χ4n) is 1.07. The lowest BCUT2D eigenvalue weighted by Crippen LogP contribution is -2.30. The monoisotopic (exact) mass is 262 g/mol. The standard InChI is InChI=1S/C10H12Cl2N2O2/c11-7-1-2-9(8(12)5-7)14-10(16)6-13-3-4-15/h1-2,5,13,15H,3-4,6H2,(H,14,16). The molecule has 6 heteroatoms. The predicted molar refractivity (Wildman–Crippen MR) is 65.0 cm³/mol. The third-order valence-electron chi connectivity index (χ3n) is 1.78. The number of amides is 1. The molecule has 0 spiro atoms. The first-order valence-corrected chi connectivity index (χ1v) is 5.45. The van der Waals surface area contributed by atoms with Crippen LogP contribution in [0.25, 0.3) is 0 Å². The number of hydrogen-bond acceptors (Lipinski definition) is 3. The zero-order chi connectivity index (χ0) is 12.0. The van der Waals surface area contributed by atoms with Gasteiger partial charge in [0.05, 0.1) is 23.9 Å². The molecule has 0 radical (unpaired) electrons. The van der Waals surface area contributed by atoms with Gasteiger partial charge < -0.3 is 15.7 Å². The molecule has 1 amide bonds. The molecule has 0 unspecified atom stereocenters. The summed E-state index contributed by atoms with van der Waals surface area (Å²) in [6.45, 7) is 0.496. The van der Waals surface area contributed by atoms with E-state index in [4.69, 9.17) is 28.3 Å². The molecule has 0 bridgehead atoms. The van der Waals surface area contributed by atoms with Crippen LogP contribution in [-0.4, -0.2) is 30.7 Å². The van der Waals surface area contributed by atoms with Crippen molar-refractivity contribution in [2.75, 3.05) is 25.0 Å². The van der Waals surface area contributed by atoms with Gasteiger partial charge in [-0.05, 0) is 18.2 Å². The molecule has 4 nitrogen and oxygen atoms in total. The molecule has 0 aromatic heterocycles. The van der Waals surface area contributed by atoms with E-state index in [1.807, 2.05) is 0 Å². The second-order valence-corrected chi connectivity index (χ2v) is 3.92. The van der Waals surface area contributed by atoms with Gasteiger partial charge in [0, 0.05) is 11.6 Å². The number of anilines is 1. The van der Waals surface area contributed by atoms with Crippen molar-refractivity contribution in [2.24, 2.45) is 0 Å². The summed E-state index contributed by atoms with van der Waals surface area (Å²) >= 11 is 11.6. The van der Waals surface area contributed by atoms with Gasteiger partial charge in [0.1, 0.15) is 0 Å². The summed E-state index contributed by atoms with van der Waals surface area (Å²) in [4.78, 5) is 11.4. The zero-order valence-electron chi connectivity index (χ0n) is 8.46. The molecule has 0 aliphatic rings. The molecule has 1 rings (SSSR count). The Morgan fingerprint density at radius 1 is 1.38 bits per heavy atom. The van der Waals surface area contributed by atoms with Crippen LogP contribution in [0.15, 0.2) is 18.2 Å². The van der Waals surface area contributed by atoms with E-state index in [9.17, 15) is 4.79 Å². The first kappa shape index (κ1) is 13.3. The lowest BCUT2D eigenvalue weighted by molar-refractivity contribution is -0.115. The van der Waals surface area contributed by atoms with E-state index in [0.29, 0.717) is 22.3 Å². The third kappa shape index (κ3) is 4.37. The van der Waals surface area contributed by atoms with Gasteiger partial charge in [-0.1, -0.05) is 23.2 Å². The lowest BCUT2D eigenvalue weighted by atomic mass is 10.3. The van der Waals surface area contributed by atoms with E-state index in [0.717, 1.165) is 0 Å². The second-order valence-electron chi connectivity index (χ2n) is 3.07. The van der Waals surface area contributed by atoms with Crippen LogP contribution in [0.2, 0.25) is 10.0 Å². The molecule has 88 valence electrons. The molecular formula is C10H12Cl2N2O2. The van der Waals surface area contributed by atoms with E-state index in [1.54, 1.807) is 18.2 Å². The number of benzene rings is 1. The molecule has 1 aromatic carbocycles. The maximum Gasteiger partial charge on any atom is 0.238 e. The van der Waals surface area contributed by atoms with Crippen LogP contribution in [-0.2, 0) is 4.79 Å². The lowest BCUT2D eigenvalue weighted by Gasteiger charge is -2.07. The number of carbonyl (C=O) groups excluding carboxylic acids is 1. The van der Waals surface area contributed by atoms with Gasteiger partial charge in [-0.3, -0.25) is 4.79 Å². The Bertz CT molecular complexity index is 372. The Morgan fingerprint density at radius 2 is 2.12 bits per heavy atom. The summed E-state index contributed by atoms with van der Waals surface area (Å²) in [5.41, 5.74) is 0.516. The maximum atomic E-state index is 11.4. The third-order valence-corrected chi connectivity index (χ3v) is 2.33. The smallest absolute Gasteiger partial charge is 0.238 e. The van der Waals surface area contributed by atoms with Crippen LogP contribution < -0.4 is 10.6 Å². The highest BCUT2D eigenvalue weighted by Crippen LogP contribution is 2.25. The number of rotatable bonds is 5. The molecule has 0 atom stereocenters. The molecule has 0 saturated carbocycles. The van der Waals surface area contributed by atoms with Gasteiger partial charge >= 0.3 is 0 Å². The Kier molecular flexibility index (Phi) is 5.55. The number of hydrogen-bond donors (Lipinski definition) is 3. The summed E-state index contributed by atoms with van der Waals surface area (Å²) in [7, 11) is 0. The molecule has 0 saturated heterocycles. The maximum absolute atomic E-state index is 11.4. The van der Waals surface area contributed by atoms with Crippen molar-refractivity contribution < 1.29 is 9.90 Å². The van der Waals surface area contributed by atoms with Crippen LogP contribution in [0.3, 0.4) is 0 Å². The van der Waals surface area contributed by atoms with E-state index < -0.39 is 0 Å². The van der Waals surface area contributed by atoms with Crippen LogP contribution in [0, 0.1) is 0 Å². The number of nitrogens with one attached hydrogen (secondary N) is 2. The average Bonchev–Trinajstić information content (AvgIpc) is 2.23. The largest absolute Gasteiger partial charge is 0.395 e. The Hall–Kier alpha value is -0.810. The van der Waals surface area contributed by atoms with Crippen LogP contribution in [0.5, 0.6) is 0 Å². The van der Waals surface area contributed by atoms with Gasteiger partial charge in [0.2, 0.25) is 5.91 Å². The van der Waals surface area contributed by atoms with Gasteiger partial charge in [0.15, 0.2) is 0 Å². The number of carbonyl (C=O) groups is 1. The van der Waals surface area contributed by atoms with Crippen molar-refractivity contribution in [3.05, 3.63) is 28.2 Å². The Balaban J connectivity index is 2.49. The van der Waals surface area contributed by atoms with Crippen LogP contribution in [0.1, 0.15) is 0 Å². The summed E-state index contributed by atoms with van der Waals surface area (Å²) in [5.74, 6) is -0.224. The van der Waals surface area contributed by atoms with Gasteiger partial charge in [-0.15, -0.1) is 0 Å². The second kappa shape index (κ2) is 6.70. The molecule has 16 heavy (non-hydrogen) atoms. The van der Waals surface area contributed by atoms with Crippen molar-refractivity contribution in [1.82, 2.24) is 5.32 Å². The SMILES string of the molecule is O=C(CNCCO)Nc1ccc(Cl)cc1Cl. The summed E-state index contributed by atoms with van der Waals surface area (Å²) < 4.78 is 0. The molecule has 0 heterocycles. The first-order chi connectivity index (χ1) is 7.63. The Labute approximate surface area is 104 Å². The summed E-state index contributed by atoms with van der Waals surface area (Å²) in [6, 6.07) is 4.83. The quantitative estimate of drug-likeness (QED) is 0.706. The van der Waals surface area contributed by atoms with Gasteiger partial charge in [-0.2, -0.15) is 0 Å². The van der Waals surface area contributed by atoms with Crippen molar-refractivity contribution in [1.29, 1.82) is 0 Å². The fraction of sp³-hybridized carbons (Fsp3) is 0.300. The highest BCUT2D eigenvalue weighted by Gasteiger charge is 2.05. The summed E-state index contributed by atoms with van der Waals surface area (Å²) in [6.07, 6.45) is 0. The highest BCUT2D eigenvalue weighted by molar-refractivity contribution is 6.36. The van der Waals surface area contributed by atoms with Gasteiger partial charge in [-0.25, -0.2) is 0 Å². The minimum Gasteiger partial charge on any atom is -0.395 e. The first-order valence-electron chi connectivity index (χ1n) is 4.70. The van der Waals surface area contributed by atoms with E-state index in [1.165, 1.54) is 0 Å². The van der Waals surface area contributed by atoms with E-state index in [2.05, 4.69) is 10.6 Å². The average molecular weight is 263 g/mol. The molecule has 0 fully saturated rings. The molecule has 0 aliphatic carbocycles. The topological polar surface area (TPSA) is 61.4 Å². The number of halogens is 2. The van der Waals surface area contributed by atoms with Crippen molar-refractivity contribution >= 4 is 34.8 Å². The molecule has 1 aromatic rings. The van der Waals surface area contributed by atoms with E-state index in [-0.39, 0.29) is 19.1 Å². The van der Waals surface area contributed by atoms with Crippen LogP contribution in [0.4, 0.5) is 5.69 Å². The highest BCUT2D eigenvalue weighted by atomic mass is 35.5. The number of aliphatic hydroxyl groups excluding tert-OH is 1. The Morgan fingerprint density at radius 3 is 2.75 bits per heavy atom. The molecular weight excluding hydrogens is 251 g/mol. The van der Waals surface area contributed by atoms with Crippen molar-refractivity contribution in [3.8, 4) is 0 Å². The van der Waals surface area contributed by atoms with Crippen LogP contribution >= 0.6 is 23.2 Å². The summed E-state index contributed by atoms with van der Waals surface area (Å²) in [5, 5.41) is 14.8. The number of aliphatic hydroxyl groups is 1. The molecule has 0 aliphatic heterocycles.